The quantitative estimate of drug-likeness (QED) is 0.734. The van der Waals surface area contributed by atoms with Gasteiger partial charge in [0, 0.05) is 18.7 Å². The minimum absolute atomic E-state index is 0.0349. The number of ketones is 1. The minimum Gasteiger partial charge on any atom is -0.497 e. The van der Waals surface area contributed by atoms with Crippen LogP contribution in [0.15, 0.2) is 54.6 Å². The van der Waals surface area contributed by atoms with Crippen molar-refractivity contribution < 1.29 is 19.1 Å². The first-order chi connectivity index (χ1) is 13.0. The molecule has 0 radical (unpaired) electrons. The van der Waals surface area contributed by atoms with Crippen LogP contribution in [0.1, 0.15) is 29.8 Å². The molecule has 0 fully saturated rings. The predicted molar refractivity (Wildman–Crippen MR) is 104 cm³/mol. The molecule has 2 aromatic rings. The second kappa shape index (κ2) is 8.08. The van der Waals surface area contributed by atoms with Crippen LogP contribution in [0.4, 0.5) is 0 Å². The molecule has 0 aliphatic carbocycles. The van der Waals surface area contributed by atoms with Gasteiger partial charge in [0.25, 0.3) is 5.91 Å². The summed E-state index contributed by atoms with van der Waals surface area (Å²) in [5.74, 6) is 1.21. The standard InChI is InChI=1S/C22H23NO4/c1-15(24)18-5-4-6-21(13-18)27-16(2)22(25)23-12-11-19(14-23)17-7-9-20(26-3)10-8-17/h4-11,13,16H,12,14H2,1-3H3/t16-/m1/s1. The number of hydrogen-bond acceptors (Lipinski definition) is 4. The summed E-state index contributed by atoms with van der Waals surface area (Å²) in [5, 5.41) is 0. The number of rotatable bonds is 6. The van der Waals surface area contributed by atoms with Crippen LogP contribution >= 0.6 is 0 Å². The third-order valence-electron chi connectivity index (χ3n) is 4.59. The molecule has 3 rings (SSSR count). The Morgan fingerprint density at radius 3 is 2.48 bits per heavy atom. The molecule has 27 heavy (non-hydrogen) atoms. The Kier molecular flexibility index (Phi) is 5.60. The number of hydrogen-bond donors (Lipinski definition) is 0. The van der Waals surface area contributed by atoms with E-state index in [9.17, 15) is 9.59 Å². The number of ether oxygens (including phenoxy) is 2. The van der Waals surface area contributed by atoms with Crippen molar-refractivity contribution in [1.82, 2.24) is 4.90 Å². The Balaban J connectivity index is 1.61. The van der Waals surface area contributed by atoms with Crippen LogP contribution in [0.2, 0.25) is 0 Å². The SMILES string of the molecule is COc1ccc(C2=CCN(C(=O)[C@@H](C)Oc3cccc(C(C)=O)c3)C2)cc1. The highest BCUT2D eigenvalue weighted by Crippen LogP contribution is 2.24. The summed E-state index contributed by atoms with van der Waals surface area (Å²) in [7, 11) is 1.64. The number of benzene rings is 2. The smallest absolute Gasteiger partial charge is 0.263 e. The normalized spacial score (nSPS) is 14.5. The molecular formula is C22H23NO4. The van der Waals surface area contributed by atoms with E-state index in [4.69, 9.17) is 9.47 Å². The first-order valence-electron chi connectivity index (χ1n) is 8.88. The first-order valence-corrected chi connectivity index (χ1v) is 8.88. The predicted octanol–water partition coefficient (Wildman–Crippen LogP) is 3.59. The molecule has 0 saturated heterocycles. The summed E-state index contributed by atoms with van der Waals surface area (Å²) in [6, 6.07) is 14.7. The summed E-state index contributed by atoms with van der Waals surface area (Å²) < 4.78 is 10.9. The van der Waals surface area contributed by atoms with E-state index < -0.39 is 6.10 Å². The van der Waals surface area contributed by atoms with Crippen LogP contribution in [0.5, 0.6) is 11.5 Å². The van der Waals surface area contributed by atoms with Gasteiger partial charge in [-0.1, -0.05) is 30.3 Å². The van der Waals surface area contributed by atoms with Gasteiger partial charge in [0.1, 0.15) is 11.5 Å². The Morgan fingerprint density at radius 2 is 1.81 bits per heavy atom. The Labute approximate surface area is 159 Å². The van der Waals surface area contributed by atoms with Crippen molar-refractivity contribution in [2.75, 3.05) is 20.2 Å². The van der Waals surface area contributed by atoms with Crippen LogP contribution in [0, 0.1) is 0 Å². The van der Waals surface area contributed by atoms with E-state index >= 15 is 0 Å². The molecule has 0 spiro atoms. The highest BCUT2D eigenvalue weighted by atomic mass is 16.5. The molecule has 0 aromatic heterocycles. The molecule has 140 valence electrons. The van der Waals surface area contributed by atoms with E-state index in [1.807, 2.05) is 24.3 Å². The molecule has 0 saturated carbocycles. The molecule has 5 heteroatoms. The Morgan fingerprint density at radius 1 is 1.07 bits per heavy atom. The average Bonchev–Trinajstić information content (AvgIpc) is 3.17. The highest BCUT2D eigenvalue weighted by Gasteiger charge is 2.26. The maximum Gasteiger partial charge on any atom is 0.263 e. The molecule has 1 aliphatic rings. The maximum atomic E-state index is 12.7. The van der Waals surface area contributed by atoms with Crippen molar-refractivity contribution in [3.63, 3.8) is 0 Å². The van der Waals surface area contributed by atoms with Crippen LogP contribution in [0.25, 0.3) is 5.57 Å². The summed E-state index contributed by atoms with van der Waals surface area (Å²) in [4.78, 5) is 26.0. The number of methoxy groups -OCH3 is 1. The van der Waals surface area contributed by atoms with Gasteiger partial charge in [-0.3, -0.25) is 9.59 Å². The molecule has 0 bridgehead atoms. The van der Waals surface area contributed by atoms with Gasteiger partial charge in [-0.25, -0.2) is 0 Å². The average molecular weight is 365 g/mol. The lowest BCUT2D eigenvalue weighted by Gasteiger charge is -2.22. The van der Waals surface area contributed by atoms with E-state index in [1.54, 1.807) is 43.2 Å². The zero-order valence-electron chi connectivity index (χ0n) is 15.8. The fraction of sp³-hybridized carbons (Fsp3) is 0.273. The number of nitrogens with zero attached hydrogens (tertiary/aromatic N) is 1. The van der Waals surface area contributed by atoms with Crippen LogP contribution < -0.4 is 9.47 Å². The molecule has 0 N–H and O–H groups in total. The summed E-state index contributed by atoms with van der Waals surface area (Å²) >= 11 is 0. The number of Topliss-reactive ketones (excluding diaryl/α,β-unsaturated/α-hetero) is 1. The Bertz CT molecular complexity index is 870. The van der Waals surface area contributed by atoms with Crippen molar-refractivity contribution in [3.05, 3.63) is 65.7 Å². The lowest BCUT2D eigenvalue weighted by molar-refractivity contribution is -0.136. The van der Waals surface area contributed by atoms with Gasteiger partial charge < -0.3 is 14.4 Å². The van der Waals surface area contributed by atoms with Crippen molar-refractivity contribution in [2.24, 2.45) is 0 Å². The first kappa shape index (κ1) is 18.7. The van der Waals surface area contributed by atoms with Gasteiger partial charge in [0.15, 0.2) is 11.9 Å². The van der Waals surface area contributed by atoms with Crippen LogP contribution in [0.3, 0.4) is 0 Å². The summed E-state index contributed by atoms with van der Waals surface area (Å²) in [6.07, 6.45) is 1.43. The topological polar surface area (TPSA) is 55.8 Å². The largest absolute Gasteiger partial charge is 0.497 e. The third-order valence-corrected chi connectivity index (χ3v) is 4.59. The van der Waals surface area contributed by atoms with E-state index in [1.165, 1.54) is 6.92 Å². The van der Waals surface area contributed by atoms with Gasteiger partial charge in [0.05, 0.1) is 7.11 Å². The van der Waals surface area contributed by atoms with E-state index in [-0.39, 0.29) is 11.7 Å². The van der Waals surface area contributed by atoms with Gasteiger partial charge >= 0.3 is 0 Å². The van der Waals surface area contributed by atoms with E-state index in [0.717, 1.165) is 16.9 Å². The second-order valence-corrected chi connectivity index (χ2v) is 6.52. The van der Waals surface area contributed by atoms with Crippen molar-refractivity contribution in [1.29, 1.82) is 0 Å². The van der Waals surface area contributed by atoms with Gasteiger partial charge in [0.2, 0.25) is 0 Å². The van der Waals surface area contributed by atoms with Gasteiger partial charge in [-0.15, -0.1) is 0 Å². The maximum absolute atomic E-state index is 12.7. The molecule has 1 atom stereocenters. The highest BCUT2D eigenvalue weighted by molar-refractivity contribution is 5.94. The number of carbonyl (C=O) groups excluding carboxylic acids is 2. The molecule has 2 aromatic carbocycles. The van der Waals surface area contributed by atoms with Gasteiger partial charge in [-0.05, 0) is 49.2 Å². The molecule has 1 aliphatic heterocycles. The Hall–Kier alpha value is -3.08. The molecular weight excluding hydrogens is 342 g/mol. The monoisotopic (exact) mass is 365 g/mol. The minimum atomic E-state index is -0.629. The lowest BCUT2D eigenvalue weighted by atomic mass is 10.1. The molecule has 1 heterocycles. The summed E-state index contributed by atoms with van der Waals surface area (Å²) in [6.45, 7) is 4.34. The second-order valence-electron chi connectivity index (χ2n) is 6.52. The molecule has 1 amide bonds. The zero-order chi connectivity index (χ0) is 19.4. The molecule has 5 nitrogen and oxygen atoms in total. The van der Waals surface area contributed by atoms with Crippen molar-refractivity contribution in [2.45, 2.75) is 20.0 Å². The zero-order valence-corrected chi connectivity index (χ0v) is 15.8. The number of carbonyl (C=O) groups is 2. The third kappa shape index (κ3) is 4.37. The summed E-state index contributed by atoms with van der Waals surface area (Å²) in [5.41, 5.74) is 2.75. The van der Waals surface area contributed by atoms with Crippen LogP contribution in [-0.4, -0.2) is 42.9 Å². The molecule has 0 unspecified atom stereocenters. The van der Waals surface area contributed by atoms with Gasteiger partial charge in [-0.2, -0.15) is 0 Å². The van der Waals surface area contributed by atoms with Crippen molar-refractivity contribution >= 4 is 17.3 Å². The van der Waals surface area contributed by atoms with Crippen molar-refractivity contribution in [3.8, 4) is 11.5 Å². The lowest BCUT2D eigenvalue weighted by Crippen LogP contribution is -2.39. The fourth-order valence-electron chi connectivity index (χ4n) is 3.04. The van der Waals surface area contributed by atoms with E-state index in [2.05, 4.69) is 6.08 Å². The fourth-order valence-corrected chi connectivity index (χ4v) is 3.04. The number of amides is 1. The van der Waals surface area contributed by atoms with Crippen LogP contribution in [-0.2, 0) is 4.79 Å². The van der Waals surface area contributed by atoms with E-state index in [0.29, 0.717) is 24.4 Å².